The fourth-order valence-electron chi connectivity index (χ4n) is 3.44. The average Bonchev–Trinajstić information content (AvgIpc) is 2.73. The minimum Gasteiger partial charge on any atom is -0.491 e. The number of piperazine rings is 1. The Bertz CT molecular complexity index is 759. The second kappa shape index (κ2) is 12.6. The van der Waals surface area contributed by atoms with Crippen molar-refractivity contribution in [2.45, 2.75) is 26.4 Å². The van der Waals surface area contributed by atoms with Crippen molar-refractivity contribution >= 4 is 41.3 Å². The molecule has 1 heterocycles. The van der Waals surface area contributed by atoms with Crippen LogP contribution >= 0.6 is 24.0 Å². The number of nitrogens with one attached hydrogen (secondary N) is 1. The van der Waals surface area contributed by atoms with E-state index >= 15 is 0 Å². The second-order valence-electron chi connectivity index (χ2n) is 7.60. The maximum absolute atomic E-state index is 6.01. The van der Waals surface area contributed by atoms with Gasteiger partial charge in [0.25, 0.3) is 0 Å². The van der Waals surface area contributed by atoms with Crippen LogP contribution in [0.2, 0.25) is 0 Å². The van der Waals surface area contributed by atoms with Gasteiger partial charge >= 0.3 is 0 Å². The quantitative estimate of drug-likeness (QED) is 0.237. The lowest BCUT2D eigenvalue weighted by Gasteiger charge is -2.36. The van der Waals surface area contributed by atoms with Crippen LogP contribution in [0.3, 0.4) is 0 Å². The first-order valence-corrected chi connectivity index (χ1v) is 10.5. The van der Waals surface area contributed by atoms with Crippen LogP contribution in [0.15, 0.2) is 59.6 Å². The van der Waals surface area contributed by atoms with Crippen LogP contribution in [0, 0.1) is 0 Å². The Kier molecular flexibility index (Phi) is 10.2. The van der Waals surface area contributed by atoms with Gasteiger partial charge in [0.2, 0.25) is 0 Å². The number of hydrogen-bond donors (Lipinski definition) is 2. The van der Waals surface area contributed by atoms with E-state index < -0.39 is 0 Å². The fraction of sp³-hybridized carbons (Fsp3) is 0.435. The summed E-state index contributed by atoms with van der Waals surface area (Å²) in [6.07, 6.45) is 1.18. The lowest BCUT2D eigenvalue weighted by molar-refractivity contribution is 0.242. The van der Waals surface area contributed by atoms with E-state index in [0.29, 0.717) is 5.96 Å². The molecule has 7 heteroatoms. The first-order valence-electron chi connectivity index (χ1n) is 10.5. The van der Waals surface area contributed by atoms with Gasteiger partial charge in [0.15, 0.2) is 5.96 Å². The molecule has 164 valence electrons. The summed E-state index contributed by atoms with van der Waals surface area (Å²) in [7, 11) is 0. The summed E-state index contributed by atoms with van der Waals surface area (Å²) >= 11 is 0. The van der Waals surface area contributed by atoms with Crippen molar-refractivity contribution < 1.29 is 4.74 Å². The number of rotatable bonds is 8. The number of nitrogens with two attached hydrogens (primary N) is 1. The van der Waals surface area contributed by atoms with Crippen LogP contribution in [0.1, 0.15) is 20.3 Å². The van der Waals surface area contributed by atoms with Gasteiger partial charge in [-0.2, -0.15) is 0 Å². The average molecular weight is 523 g/mol. The van der Waals surface area contributed by atoms with Crippen molar-refractivity contribution in [3.63, 3.8) is 0 Å². The highest BCUT2D eigenvalue weighted by Crippen LogP contribution is 2.17. The fourth-order valence-corrected chi connectivity index (χ4v) is 3.44. The van der Waals surface area contributed by atoms with Crippen LogP contribution < -0.4 is 20.7 Å². The van der Waals surface area contributed by atoms with Gasteiger partial charge < -0.3 is 20.7 Å². The number of anilines is 2. The molecule has 3 rings (SSSR count). The molecule has 0 radical (unpaired) electrons. The monoisotopic (exact) mass is 523 g/mol. The third-order valence-electron chi connectivity index (χ3n) is 4.91. The number of guanidine groups is 1. The molecule has 0 saturated carbocycles. The molecule has 1 saturated heterocycles. The summed E-state index contributed by atoms with van der Waals surface area (Å²) in [5.41, 5.74) is 8.25. The van der Waals surface area contributed by atoms with E-state index in [9.17, 15) is 0 Å². The van der Waals surface area contributed by atoms with Gasteiger partial charge in [-0.25, -0.2) is 0 Å². The molecule has 0 spiro atoms. The van der Waals surface area contributed by atoms with Gasteiger partial charge in [0.1, 0.15) is 5.75 Å². The van der Waals surface area contributed by atoms with E-state index in [-0.39, 0.29) is 30.1 Å². The third-order valence-corrected chi connectivity index (χ3v) is 4.91. The standard InChI is InChI=1S/C23H33N5O.HI/c1-19(2)29-22-11-9-20(10-12-22)26-23(24)25-13-6-14-27-15-17-28(18-16-27)21-7-4-3-5-8-21;/h3-5,7-12,19H,6,13-18H2,1-2H3,(H3,24,25,26);1H. The number of nitrogens with zero attached hydrogens (tertiary/aromatic N) is 3. The maximum Gasteiger partial charge on any atom is 0.193 e. The molecule has 0 amide bonds. The van der Waals surface area contributed by atoms with E-state index in [1.165, 1.54) is 5.69 Å². The number of halogens is 1. The lowest BCUT2D eigenvalue weighted by atomic mass is 10.2. The molecule has 1 aliphatic rings. The van der Waals surface area contributed by atoms with E-state index in [4.69, 9.17) is 10.5 Å². The van der Waals surface area contributed by atoms with Gasteiger partial charge in [-0.15, -0.1) is 24.0 Å². The Hall–Kier alpha value is -2.00. The molecule has 3 N–H and O–H groups in total. The zero-order valence-electron chi connectivity index (χ0n) is 18.0. The van der Waals surface area contributed by atoms with Crippen LogP contribution in [-0.2, 0) is 0 Å². The molecule has 0 bridgehead atoms. The zero-order chi connectivity index (χ0) is 20.5. The molecule has 0 aromatic heterocycles. The molecular formula is C23H34IN5O. The maximum atomic E-state index is 6.01. The van der Waals surface area contributed by atoms with Crippen LogP contribution in [0.4, 0.5) is 11.4 Å². The highest BCUT2D eigenvalue weighted by atomic mass is 127. The normalized spacial score (nSPS) is 15.0. The summed E-state index contributed by atoms with van der Waals surface area (Å²) in [4.78, 5) is 9.41. The van der Waals surface area contributed by atoms with Crippen molar-refractivity contribution in [2.24, 2.45) is 10.7 Å². The summed E-state index contributed by atoms with van der Waals surface area (Å²) in [6.45, 7) is 10.2. The number of hydrogen-bond acceptors (Lipinski definition) is 4. The third kappa shape index (κ3) is 8.02. The molecule has 2 aromatic rings. The minimum absolute atomic E-state index is 0. The Morgan fingerprint density at radius 1 is 1.03 bits per heavy atom. The molecule has 30 heavy (non-hydrogen) atoms. The van der Waals surface area contributed by atoms with Gasteiger partial charge in [-0.1, -0.05) is 18.2 Å². The Balaban J connectivity index is 0.00000320. The Labute approximate surface area is 197 Å². The summed E-state index contributed by atoms with van der Waals surface area (Å²) in [5, 5.41) is 3.14. The van der Waals surface area contributed by atoms with Crippen molar-refractivity contribution in [1.29, 1.82) is 0 Å². The van der Waals surface area contributed by atoms with Gasteiger partial charge in [-0.3, -0.25) is 9.89 Å². The van der Waals surface area contributed by atoms with Crippen molar-refractivity contribution in [3.05, 3.63) is 54.6 Å². The smallest absolute Gasteiger partial charge is 0.193 e. The molecule has 1 fully saturated rings. The summed E-state index contributed by atoms with van der Waals surface area (Å²) in [6, 6.07) is 18.4. The molecule has 0 atom stereocenters. The lowest BCUT2D eigenvalue weighted by Crippen LogP contribution is -2.46. The van der Waals surface area contributed by atoms with Gasteiger partial charge in [0.05, 0.1) is 6.10 Å². The predicted octanol–water partition coefficient (Wildman–Crippen LogP) is 4.03. The molecule has 2 aromatic carbocycles. The first kappa shape index (κ1) is 24.3. The minimum atomic E-state index is 0. The van der Waals surface area contributed by atoms with Gasteiger partial charge in [0, 0.05) is 50.6 Å². The predicted molar refractivity (Wildman–Crippen MR) is 137 cm³/mol. The molecular weight excluding hydrogens is 489 g/mol. The van der Waals surface area contributed by atoms with Crippen molar-refractivity contribution in [3.8, 4) is 5.75 Å². The van der Waals surface area contributed by atoms with Crippen molar-refractivity contribution in [1.82, 2.24) is 4.90 Å². The van der Waals surface area contributed by atoms with Crippen LogP contribution in [0.5, 0.6) is 5.75 Å². The van der Waals surface area contributed by atoms with Crippen LogP contribution in [0.25, 0.3) is 0 Å². The molecule has 0 unspecified atom stereocenters. The zero-order valence-corrected chi connectivity index (χ0v) is 20.3. The Morgan fingerprint density at radius 3 is 2.33 bits per heavy atom. The van der Waals surface area contributed by atoms with Crippen molar-refractivity contribution in [2.75, 3.05) is 49.5 Å². The number of benzene rings is 2. The molecule has 1 aliphatic heterocycles. The van der Waals surface area contributed by atoms with Crippen LogP contribution in [-0.4, -0.2) is 56.2 Å². The highest BCUT2D eigenvalue weighted by molar-refractivity contribution is 14.0. The summed E-state index contributed by atoms with van der Waals surface area (Å²) in [5.74, 6) is 1.31. The largest absolute Gasteiger partial charge is 0.491 e. The van der Waals surface area contributed by atoms with Gasteiger partial charge in [-0.05, 0) is 56.7 Å². The first-order chi connectivity index (χ1) is 14.1. The van der Waals surface area contributed by atoms with E-state index in [1.54, 1.807) is 0 Å². The second-order valence-corrected chi connectivity index (χ2v) is 7.60. The number of para-hydroxylation sites is 1. The highest BCUT2D eigenvalue weighted by Gasteiger charge is 2.16. The Morgan fingerprint density at radius 2 is 1.70 bits per heavy atom. The van der Waals surface area contributed by atoms with E-state index in [1.807, 2.05) is 38.1 Å². The number of aliphatic imine (C=N–C) groups is 1. The van der Waals surface area contributed by atoms with E-state index in [0.717, 1.165) is 57.1 Å². The van der Waals surface area contributed by atoms with E-state index in [2.05, 4.69) is 50.4 Å². The molecule has 6 nitrogen and oxygen atoms in total. The summed E-state index contributed by atoms with van der Waals surface area (Å²) < 4.78 is 5.65. The number of ether oxygens (including phenoxy) is 1. The SMILES string of the molecule is CC(C)Oc1ccc(NC(N)=NCCCN2CCN(c3ccccc3)CC2)cc1.I. The molecule has 0 aliphatic carbocycles. The topological polar surface area (TPSA) is 66.1 Å².